The van der Waals surface area contributed by atoms with Gasteiger partial charge in [0.25, 0.3) is 0 Å². The average Bonchev–Trinajstić information content (AvgIpc) is 2.03. The van der Waals surface area contributed by atoms with Crippen LogP contribution in [0.1, 0.15) is 46.5 Å². The second-order valence-corrected chi connectivity index (χ2v) is 4.98. The molecule has 1 N–H and O–H groups in total. The summed E-state index contributed by atoms with van der Waals surface area (Å²) in [5, 5.41) is 9.81. The molecule has 0 amide bonds. The van der Waals surface area contributed by atoms with Gasteiger partial charge in [-0.2, -0.15) is 0 Å². The molecule has 1 saturated carbocycles. The van der Waals surface area contributed by atoms with Crippen molar-refractivity contribution in [3.8, 4) is 0 Å². The van der Waals surface area contributed by atoms with Crippen LogP contribution in [0.15, 0.2) is 0 Å². The zero-order valence-electron chi connectivity index (χ0n) is 9.38. The van der Waals surface area contributed by atoms with Crippen LogP contribution in [-0.4, -0.2) is 29.3 Å². The SMILES string of the molecule is CCCC(O)N(C)C1CCC1(C)C. The highest BCUT2D eigenvalue weighted by Crippen LogP contribution is 2.43. The van der Waals surface area contributed by atoms with E-state index in [0.29, 0.717) is 11.5 Å². The predicted octanol–water partition coefficient (Wildman–Crippen LogP) is 2.23. The van der Waals surface area contributed by atoms with Crippen LogP contribution in [0.4, 0.5) is 0 Å². The van der Waals surface area contributed by atoms with Gasteiger partial charge in [0.1, 0.15) is 6.23 Å². The normalized spacial score (nSPS) is 28.6. The molecule has 2 heteroatoms. The zero-order chi connectivity index (χ0) is 10.1. The monoisotopic (exact) mass is 185 g/mol. The fourth-order valence-corrected chi connectivity index (χ4v) is 2.28. The third-order valence-corrected chi connectivity index (χ3v) is 3.47. The van der Waals surface area contributed by atoms with Crippen LogP contribution < -0.4 is 0 Å². The molecular formula is C11H23NO. The van der Waals surface area contributed by atoms with Crippen molar-refractivity contribution in [1.29, 1.82) is 0 Å². The Morgan fingerprint density at radius 2 is 2.15 bits per heavy atom. The van der Waals surface area contributed by atoms with Crippen molar-refractivity contribution < 1.29 is 5.11 Å². The smallest absolute Gasteiger partial charge is 0.107 e. The number of aliphatic hydroxyl groups excluding tert-OH is 1. The summed E-state index contributed by atoms with van der Waals surface area (Å²) >= 11 is 0. The minimum absolute atomic E-state index is 0.241. The van der Waals surface area contributed by atoms with Crippen molar-refractivity contribution in [3.63, 3.8) is 0 Å². The third kappa shape index (κ3) is 2.23. The lowest BCUT2D eigenvalue weighted by Crippen LogP contribution is -2.54. The van der Waals surface area contributed by atoms with E-state index in [1.54, 1.807) is 0 Å². The molecule has 1 aliphatic carbocycles. The summed E-state index contributed by atoms with van der Waals surface area (Å²) in [6.07, 6.45) is 4.24. The number of rotatable bonds is 4. The molecule has 1 rings (SSSR count). The van der Waals surface area contributed by atoms with Crippen LogP contribution in [-0.2, 0) is 0 Å². The molecule has 0 aromatic rings. The third-order valence-electron chi connectivity index (χ3n) is 3.47. The summed E-state index contributed by atoms with van der Waals surface area (Å²) in [5.41, 5.74) is 0.406. The molecule has 2 unspecified atom stereocenters. The summed E-state index contributed by atoms with van der Waals surface area (Å²) in [7, 11) is 2.05. The molecule has 0 saturated heterocycles. The Morgan fingerprint density at radius 3 is 2.46 bits per heavy atom. The van der Waals surface area contributed by atoms with E-state index in [2.05, 4.69) is 25.7 Å². The first kappa shape index (κ1) is 11.0. The summed E-state index contributed by atoms with van der Waals surface area (Å²) in [4.78, 5) is 2.15. The fraction of sp³-hybridized carbons (Fsp3) is 1.00. The van der Waals surface area contributed by atoms with Crippen LogP contribution in [0.3, 0.4) is 0 Å². The van der Waals surface area contributed by atoms with Gasteiger partial charge in [0.15, 0.2) is 0 Å². The van der Waals surface area contributed by atoms with Gasteiger partial charge in [-0.05, 0) is 31.7 Å². The van der Waals surface area contributed by atoms with E-state index in [0.717, 1.165) is 12.8 Å². The predicted molar refractivity (Wildman–Crippen MR) is 55.5 cm³/mol. The molecule has 13 heavy (non-hydrogen) atoms. The standard InChI is InChI=1S/C11H23NO/c1-5-6-10(13)12(4)9-7-8-11(9,2)3/h9-10,13H,5-8H2,1-4H3. The van der Waals surface area contributed by atoms with Crippen LogP contribution in [0.25, 0.3) is 0 Å². The van der Waals surface area contributed by atoms with Crippen molar-refractivity contribution in [2.45, 2.75) is 58.7 Å². The minimum atomic E-state index is -0.241. The van der Waals surface area contributed by atoms with E-state index < -0.39 is 0 Å². The Morgan fingerprint density at radius 1 is 1.54 bits per heavy atom. The molecule has 2 atom stereocenters. The van der Waals surface area contributed by atoms with E-state index in [1.165, 1.54) is 12.8 Å². The molecule has 1 aliphatic rings. The first-order valence-corrected chi connectivity index (χ1v) is 5.39. The Balaban J connectivity index is 2.43. The maximum atomic E-state index is 9.81. The van der Waals surface area contributed by atoms with Gasteiger partial charge >= 0.3 is 0 Å². The van der Waals surface area contributed by atoms with Gasteiger partial charge in [-0.3, -0.25) is 4.90 Å². The Labute approximate surface area is 81.9 Å². The van der Waals surface area contributed by atoms with Crippen molar-refractivity contribution in [2.75, 3.05) is 7.05 Å². The molecule has 2 nitrogen and oxygen atoms in total. The van der Waals surface area contributed by atoms with E-state index >= 15 is 0 Å². The van der Waals surface area contributed by atoms with Crippen molar-refractivity contribution >= 4 is 0 Å². The van der Waals surface area contributed by atoms with Crippen molar-refractivity contribution in [2.24, 2.45) is 5.41 Å². The molecule has 0 radical (unpaired) electrons. The maximum Gasteiger partial charge on any atom is 0.107 e. The molecule has 0 aliphatic heterocycles. The van der Waals surface area contributed by atoms with Gasteiger partial charge in [0, 0.05) is 6.04 Å². The number of hydrogen-bond donors (Lipinski definition) is 1. The minimum Gasteiger partial charge on any atom is -0.378 e. The molecule has 0 heterocycles. The van der Waals surface area contributed by atoms with Gasteiger partial charge in [-0.15, -0.1) is 0 Å². The van der Waals surface area contributed by atoms with Crippen LogP contribution >= 0.6 is 0 Å². The number of aliphatic hydroxyl groups is 1. The van der Waals surface area contributed by atoms with Crippen LogP contribution in [0.2, 0.25) is 0 Å². The molecule has 0 aromatic heterocycles. The molecule has 1 fully saturated rings. The summed E-state index contributed by atoms with van der Waals surface area (Å²) < 4.78 is 0. The lowest BCUT2D eigenvalue weighted by molar-refractivity contribution is -0.0848. The second-order valence-electron chi connectivity index (χ2n) is 4.98. The lowest BCUT2D eigenvalue weighted by Gasteiger charge is -2.50. The maximum absolute atomic E-state index is 9.81. The Bertz CT molecular complexity index is 167. The highest BCUT2D eigenvalue weighted by Gasteiger charge is 2.42. The van der Waals surface area contributed by atoms with Gasteiger partial charge in [-0.1, -0.05) is 27.2 Å². The summed E-state index contributed by atoms with van der Waals surface area (Å²) in [6.45, 7) is 6.69. The summed E-state index contributed by atoms with van der Waals surface area (Å²) in [5.74, 6) is 0. The second kappa shape index (κ2) is 3.97. The lowest BCUT2D eigenvalue weighted by atomic mass is 9.66. The molecule has 78 valence electrons. The number of hydrogen-bond acceptors (Lipinski definition) is 2. The highest BCUT2D eigenvalue weighted by atomic mass is 16.3. The van der Waals surface area contributed by atoms with E-state index in [9.17, 15) is 5.11 Å². The quantitative estimate of drug-likeness (QED) is 0.679. The first-order valence-electron chi connectivity index (χ1n) is 5.39. The van der Waals surface area contributed by atoms with Gasteiger partial charge in [-0.25, -0.2) is 0 Å². The van der Waals surface area contributed by atoms with E-state index in [1.807, 2.05) is 7.05 Å². The molecule has 0 bridgehead atoms. The summed E-state index contributed by atoms with van der Waals surface area (Å²) in [6, 6.07) is 0.578. The molecule has 0 aromatic carbocycles. The highest BCUT2D eigenvalue weighted by molar-refractivity contribution is 4.95. The number of nitrogens with zero attached hydrogens (tertiary/aromatic N) is 1. The topological polar surface area (TPSA) is 23.5 Å². The van der Waals surface area contributed by atoms with E-state index in [-0.39, 0.29) is 6.23 Å². The largest absolute Gasteiger partial charge is 0.378 e. The Hall–Kier alpha value is -0.0800. The van der Waals surface area contributed by atoms with Crippen molar-refractivity contribution in [3.05, 3.63) is 0 Å². The van der Waals surface area contributed by atoms with Crippen LogP contribution in [0, 0.1) is 5.41 Å². The first-order chi connectivity index (χ1) is 5.99. The van der Waals surface area contributed by atoms with Gasteiger partial charge < -0.3 is 5.11 Å². The Kier molecular flexibility index (Phi) is 3.36. The van der Waals surface area contributed by atoms with Crippen molar-refractivity contribution in [1.82, 2.24) is 4.90 Å². The molecule has 0 spiro atoms. The van der Waals surface area contributed by atoms with Crippen LogP contribution in [0.5, 0.6) is 0 Å². The molecular weight excluding hydrogens is 162 g/mol. The van der Waals surface area contributed by atoms with E-state index in [4.69, 9.17) is 0 Å². The average molecular weight is 185 g/mol. The zero-order valence-corrected chi connectivity index (χ0v) is 9.38. The fourth-order valence-electron chi connectivity index (χ4n) is 2.28. The van der Waals surface area contributed by atoms with Gasteiger partial charge in [0.2, 0.25) is 0 Å². The van der Waals surface area contributed by atoms with Gasteiger partial charge in [0.05, 0.1) is 0 Å².